The standard InChI is InChI=1S/C12H13BrO3/c1-15-10-6-4-8(7-3-5-9(7)14)11(13)12(10)16-2/h4,6-7H,3,5H2,1-2H3. The van der Waals surface area contributed by atoms with E-state index in [1.54, 1.807) is 14.2 Å². The second kappa shape index (κ2) is 4.45. The van der Waals surface area contributed by atoms with Crippen LogP contribution in [0.25, 0.3) is 0 Å². The van der Waals surface area contributed by atoms with Crippen LogP contribution >= 0.6 is 15.9 Å². The van der Waals surface area contributed by atoms with Gasteiger partial charge in [0.05, 0.1) is 18.7 Å². The molecular formula is C12H13BrO3. The van der Waals surface area contributed by atoms with Crippen molar-refractivity contribution < 1.29 is 14.3 Å². The largest absolute Gasteiger partial charge is 0.493 e. The molecule has 1 aromatic carbocycles. The van der Waals surface area contributed by atoms with E-state index in [0.29, 0.717) is 23.7 Å². The molecule has 1 aromatic rings. The predicted molar refractivity (Wildman–Crippen MR) is 64.2 cm³/mol. The molecule has 0 saturated heterocycles. The number of hydrogen-bond acceptors (Lipinski definition) is 3. The Morgan fingerprint density at radius 3 is 2.50 bits per heavy atom. The lowest BCUT2D eigenvalue weighted by Crippen LogP contribution is -2.23. The summed E-state index contributed by atoms with van der Waals surface area (Å²) in [6.45, 7) is 0. The van der Waals surface area contributed by atoms with E-state index in [0.717, 1.165) is 16.5 Å². The van der Waals surface area contributed by atoms with E-state index in [9.17, 15) is 4.79 Å². The summed E-state index contributed by atoms with van der Waals surface area (Å²) < 4.78 is 11.3. The molecule has 2 rings (SSSR count). The normalized spacial score (nSPS) is 19.2. The lowest BCUT2D eigenvalue weighted by Gasteiger charge is -2.26. The van der Waals surface area contributed by atoms with Gasteiger partial charge in [-0.15, -0.1) is 0 Å². The topological polar surface area (TPSA) is 35.5 Å². The molecule has 0 amide bonds. The van der Waals surface area contributed by atoms with Gasteiger partial charge < -0.3 is 9.47 Å². The number of halogens is 1. The molecule has 16 heavy (non-hydrogen) atoms. The molecule has 1 saturated carbocycles. The monoisotopic (exact) mass is 284 g/mol. The van der Waals surface area contributed by atoms with Gasteiger partial charge in [0.2, 0.25) is 0 Å². The Kier molecular flexibility index (Phi) is 3.19. The van der Waals surface area contributed by atoms with Gasteiger partial charge in [0.15, 0.2) is 11.5 Å². The van der Waals surface area contributed by atoms with Crippen LogP contribution in [-0.2, 0) is 4.79 Å². The molecule has 4 heteroatoms. The highest BCUT2D eigenvalue weighted by molar-refractivity contribution is 9.10. The van der Waals surface area contributed by atoms with Gasteiger partial charge in [0.25, 0.3) is 0 Å². The van der Waals surface area contributed by atoms with Gasteiger partial charge in [0.1, 0.15) is 5.78 Å². The fourth-order valence-electron chi connectivity index (χ4n) is 1.91. The SMILES string of the molecule is COc1ccc(C2CCC2=O)c(Br)c1OC. The van der Waals surface area contributed by atoms with Crippen LogP contribution in [-0.4, -0.2) is 20.0 Å². The van der Waals surface area contributed by atoms with Gasteiger partial charge in [-0.3, -0.25) is 4.79 Å². The highest BCUT2D eigenvalue weighted by Crippen LogP contribution is 2.44. The summed E-state index contributed by atoms with van der Waals surface area (Å²) in [7, 11) is 3.19. The van der Waals surface area contributed by atoms with Crippen molar-refractivity contribution in [3.05, 3.63) is 22.2 Å². The molecule has 1 fully saturated rings. The van der Waals surface area contributed by atoms with Crippen molar-refractivity contribution in [3.8, 4) is 11.5 Å². The van der Waals surface area contributed by atoms with Crippen molar-refractivity contribution in [1.82, 2.24) is 0 Å². The van der Waals surface area contributed by atoms with E-state index in [2.05, 4.69) is 15.9 Å². The fraction of sp³-hybridized carbons (Fsp3) is 0.417. The molecule has 1 atom stereocenters. The van der Waals surface area contributed by atoms with Crippen molar-refractivity contribution in [2.24, 2.45) is 0 Å². The zero-order chi connectivity index (χ0) is 11.7. The summed E-state index contributed by atoms with van der Waals surface area (Å²) in [6, 6.07) is 3.76. The number of hydrogen-bond donors (Lipinski definition) is 0. The van der Waals surface area contributed by atoms with Crippen molar-refractivity contribution in [1.29, 1.82) is 0 Å². The van der Waals surface area contributed by atoms with Gasteiger partial charge in [-0.25, -0.2) is 0 Å². The number of carbonyl (C=O) groups is 1. The predicted octanol–water partition coefficient (Wildman–Crippen LogP) is 2.91. The van der Waals surface area contributed by atoms with Crippen LogP contribution < -0.4 is 9.47 Å². The minimum atomic E-state index is 0.0224. The van der Waals surface area contributed by atoms with Gasteiger partial charge in [0, 0.05) is 12.3 Å². The van der Waals surface area contributed by atoms with E-state index in [4.69, 9.17) is 9.47 Å². The first-order valence-electron chi connectivity index (χ1n) is 5.12. The molecule has 1 aliphatic rings. The van der Waals surface area contributed by atoms with Crippen molar-refractivity contribution >= 4 is 21.7 Å². The average Bonchev–Trinajstić information content (AvgIpc) is 2.29. The van der Waals surface area contributed by atoms with E-state index in [-0.39, 0.29) is 5.92 Å². The molecule has 0 radical (unpaired) electrons. The molecule has 0 aromatic heterocycles. The zero-order valence-electron chi connectivity index (χ0n) is 9.25. The van der Waals surface area contributed by atoms with Crippen LogP contribution in [0.4, 0.5) is 0 Å². The first-order valence-corrected chi connectivity index (χ1v) is 5.91. The van der Waals surface area contributed by atoms with Crippen LogP contribution in [0.15, 0.2) is 16.6 Å². The summed E-state index contributed by atoms with van der Waals surface area (Å²) in [5.74, 6) is 1.65. The van der Waals surface area contributed by atoms with Gasteiger partial charge in [-0.1, -0.05) is 6.07 Å². The minimum absolute atomic E-state index is 0.0224. The molecule has 0 bridgehead atoms. The summed E-state index contributed by atoms with van der Waals surface area (Å²) in [5.41, 5.74) is 0.994. The second-order valence-corrected chi connectivity index (χ2v) is 4.55. The molecule has 0 aliphatic heterocycles. The maximum Gasteiger partial charge on any atom is 0.175 e. The Morgan fingerprint density at radius 1 is 1.31 bits per heavy atom. The second-order valence-electron chi connectivity index (χ2n) is 3.76. The van der Waals surface area contributed by atoms with Crippen molar-refractivity contribution in [2.45, 2.75) is 18.8 Å². The molecule has 1 aliphatic carbocycles. The van der Waals surface area contributed by atoms with Crippen LogP contribution in [0.3, 0.4) is 0 Å². The Labute approximate surface area is 103 Å². The number of methoxy groups -OCH3 is 2. The average molecular weight is 285 g/mol. The van der Waals surface area contributed by atoms with Crippen molar-refractivity contribution in [3.63, 3.8) is 0 Å². The van der Waals surface area contributed by atoms with Gasteiger partial charge in [-0.2, -0.15) is 0 Å². The first-order chi connectivity index (χ1) is 7.69. The van der Waals surface area contributed by atoms with E-state index < -0.39 is 0 Å². The Morgan fingerprint density at radius 2 is 2.06 bits per heavy atom. The Hall–Kier alpha value is -1.03. The number of carbonyl (C=O) groups excluding carboxylic acids is 1. The molecule has 86 valence electrons. The van der Waals surface area contributed by atoms with Gasteiger partial charge >= 0.3 is 0 Å². The molecule has 3 nitrogen and oxygen atoms in total. The molecule has 0 N–H and O–H groups in total. The quantitative estimate of drug-likeness (QED) is 0.856. The third-order valence-electron chi connectivity index (χ3n) is 2.96. The Bertz CT molecular complexity index is 429. The highest BCUT2D eigenvalue weighted by Gasteiger charge is 2.32. The zero-order valence-corrected chi connectivity index (χ0v) is 10.8. The van der Waals surface area contributed by atoms with Crippen molar-refractivity contribution in [2.75, 3.05) is 14.2 Å². The maximum atomic E-state index is 11.4. The third-order valence-corrected chi connectivity index (χ3v) is 3.78. The van der Waals surface area contributed by atoms with E-state index in [1.165, 1.54) is 0 Å². The smallest absolute Gasteiger partial charge is 0.175 e. The van der Waals surface area contributed by atoms with Crippen LogP contribution in [0.1, 0.15) is 24.3 Å². The van der Waals surface area contributed by atoms with Gasteiger partial charge in [-0.05, 0) is 34.0 Å². The number of ether oxygens (including phenoxy) is 2. The molecule has 0 heterocycles. The highest BCUT2D eigenvalue weighted by atomic mass is 79.9. The Balaban J connectivity index is 2.44. The molecular weight excluding hydrogens is 272 g/mol. The lowest BCUT2D eigenvalue weighted by molar-refractivity contribution is -0.125. The number of benzene rings is 1. The minimum Gasteiger partial charge on any atom is -0.493 e. The third kappa shape index (κ3) is 1.71. The summed E-state index contributed by atoms with van der Waals surface area (Å²) in [5, 5.41) is 0. The number of Topliss-reactive ketones (excluding diaryl/α,β-unsaturated/α-hetero) is 1. The van der Waals surface area contributed by atoms with E-state index >= 15 is 0 Å². The lowest BCUT2D eigenvalue weighted by atomic mass is 9.78. The molecule has 1 unspecified atom stereocenters. The number of rotatable bonds is 3. The summed E-state index contributed by atoms with van der Waals surface area (Å²) in [6.07, 6.45) is 1.61. The van der Waals surface area contributed by atoms with Crippen LogP contribution in [0, 0.1) is 0 Å². The van der Waals surface area contributed by atoms with Crippen LogP contribution in [0.2, 0.25) is 0 Å². The first kappa shape index (κ1) is 11.5. The van der Waals surface area contributed by atoms with Crippen LogP contribution in [0.5, 0.6) is 11.5 Å². The summed E-state index contributed by atoms with van der Waals surface area (Å²) >= 11 is 3.48. The molecule has 0 spiro atoms. The summed E-state index contributed by atoms with van der Waals surface area (Å²) in [4.78, 5) is 11.4. The van der Waals surface area contributed by atoms with E-state index in [1.807, 2.05) is 12.1 Å². The number of ketones is 1. The maximum absolute atomic E-state index is 11.4. The fourth-order valence-corrected chi connectivity index (χ4v) is 2.67.